The van der Waals surface area contributed by atoms with E-state index >= 15 is 0 Å². The highest BCUT2D eigenvalue weighted by atomic mass is 79.9. The number of Topliss-reactive ketones (excluding diaryl/α,β-unsaturated/α-hetero) is 1. The Morgan fingerprint density at radius 2 is 1.58 bits per heavy atom. The SMILES string of the molecule is CC(C)(C)OC(=O)Nc1ccccc1.COc1ccc(C(=O)C[N+]23CCC(CC2)[C@@H](OC(C)=O)C3)cc1.[Br-]. The number of rotatable bonds is 6. The van der Waals surface area contributed by atoms with E-state index in [1.807, 2.05) is 75.4 Å². The van der Waals surface area contributed by atoms with Crippen LogP contribution in [0.1, 0.15) is 50.9 Å². The second-order valence-electron chi connectivity index (χ2n) is 10.8. The number of methoxy groups -OCH3 is 1. The summed E-state index contributed by atoms with van der Waals surface area (Å²) in [6.45, 7) is 10.2. The van der Waals surface area contributed by atoms with E-state index in [0.29, 0.717) is 12.5 Å². The van der Waals surface area contributed by atoms with E-state index in [9.17, 15) is 14.4 Å². The number of hydrogen-bond acceptors (Lipinski definition) is 6. The summed E-state index contributed by atoms with van der Waals surface area (Å²) in [4.78, 5) is 35.2. The van der Waals surface area contributed by atoms with E-state index in [2.05, 4.69) is 5.32 Å². The zero-order valence-corrected chi connectivity index (χ0v) is 24.5. The van der Waals surface area contributed by atoms with Crippen molar-refractivity contribution in [1.82, 2.24) is 0 Å². The van der Waals surface area contributed by atoms with Gasteiger partial charge in [0.15, 0.2) is 6.10 Å². The normalized spacial score (nSPS) is 21.6. The molecular weight excluding hydrogens is 552 g/mol. The van der Waals surface area contributed by atoms with Gasteiger partial charge in [-0.15, -0.1) is 0 Å². The second-order valence-corrected chi connectivity index (χ2v) is 10.8. The number of nitrogens with zero attached hydrogens (tertiary/aromatic N) is 1. The van der Waals surface area contributed by atoms with Crippen LogP contribution in [0.15, 0.2) is 54.6 Å². The van der Waals surface area contributed by atoms with E-state index in [1.54, 1.807) is 7.11 Å². The van der Waals surface area contributed by atoms with Gasteiger partial charge < -0.3 is 35.7 Å². The first-order chi connectivity index (χ1) is 17.5. The van der Waals surface area contributed by atoms with Crippen molar-refractivity contribution >= 4 is 23.5 Å². The third-order valence-corrected chi connectivity index (χ3v) is 6.67. The molecule has 3 heterocycles. The molecule has 0 saturated carbocycles. The molecule has 1 atom stereocenters. The smallest absolute Gasteiger partial charge is 0.412 e. The molecule has 3 saturated heterocycles. The minimum Gasteiger partial charge on any atom is -1.00 e. The van der Waals surface area contributed by atoms with Gasteiger partial charge in [-0.2, -0.15) is 0 Å². The van der Waals surface area contributed by atoms with Gasteiger partial charge in [-0.3, -0.25) is 14.9 Å². The summed E-state index contributed by atoms with van der Waals surface area (Å²) in [6.07, 6.45) is 1.61. The lowest BCUT2D eigenvalue weighted by atomic mass is 9.83. The van der Waals surface area contributed by atoms with E-state index in [1.165, 1.54) is 6.92 Å². The van der Waals surface area contributed by atoms with Gasteiger partial charge >= 0.3 is 12.1 Å². The van der Waals surface area contributed by atoms with Crippen LogP contribution in [0.5, 0.6) is 5.75 Å². The number of ketones is 1. The molecule has 1 amide bonds. The molecule has 2 bridgehead atoms. The van der Waals surface area contributed by atoms with Gasteiger partial charge in [-0.1, -0.05) is 18.2 Å². The molecule has 2 aromatic carbocycles. The summed E-state index contributed by atoms with van der Waals surface area (Å²) >= 11 is 0. The Morgan fingerprint density at radius 1 is 0.974 bits per heavy atom. The summed E-state index contributed by atoms with van der Waals surface area (Å²) in [5.74, 6) is 1.15. The van der Waals surface area contributed by atoms with Crippen LogP contribution in [0.4, 0.5) is 10.5 Å². The van der Waals surface area contributed by atoms with Crippen molar-refractivity contribution in [2.75, 3.05) is 38.6 Å². The lowest BCUT2D eigenvalue weighted by Crippen LogP contribution is -3.00. The Bertz CT molecular complexity index is 1060. The maximum atomic E-state index is 12.7. The summed E-state index contributed by atoms with van der Waals surface area (Å²) in [5, 5.41) is 2.64. The van der Waals surface area contributed by atoms with Gasteiger partial charge in [0.25, 0.3) is 0 Å². The van der Waals surface area contributed by atoms with Crippen molar-refractivity contribution in [2.24, 2.45) is 5.92 Å². The van der Waals surface area contributed by atoms with Crippen molar-refractivity contribution < 1.29 is 50.1 Å². The molecule has 2 aromatic rings. The maximum absolute atomic E-state index is 12.7. The third-order valence-electron chi connectivity index (χ3n) is 6.67. The van der Waals surface area contributed by atoms with Crippen LogP contribution >= 0.6 is 0 Å². The zero-order chi connectivity index (χ0) is 27.1. The molecule has 0 aromatic heterocycles. The van der Waals surface area contributed by atoms with Crippen molar-refractivity contribution in [3.63, 3.8) is 0 Å². The Balaban J connectivity index is 0.000000292. The standard InChI is InChI=1S/C18H24NO4.C11H15NO2.BrH/c1-13(20)23-18-12-19(9-7-15(18)8-10-19)11-17(21)14-3-5-16(22-2)6-4-14;1-11(2,3)14-10(13)12-9-7-5-4-6-8-9;/h3-6,15,18H,7-12H2,1-2H3;4-8H,1-3H3,(H,12,13);1H/q+1;;/p-1/t15?,18-,19?;;/m0../s1. The highest BCUT2D eigenvalue weighted by Crippen LogP contribution is 2.35. The van der Waals surface area contributed by atoms with Crippen molar-refractivity contribution in [3.8, 4) is 5.75 Å². The van der Waals surface area contributed by atoms with Crippen LogP contribution in [0.25, 0.3) is 0 Å². The molecule has 0 radical (unpaired) electrons. The molecule has 3 fully saturated rings. The average Bonchev–Trinajstić information content (AvgIpc) is 2.84. The summed E-state index contributed by atoms with van der Waals surface area (Å²) < 4.78 is 16.5. The van der Waals surface area contributed by atoms with Gasteiger partial charge in [0.1, 0.15) is 24.4 Å². The second kappa shape index (κ2) is 13.8. The quantitative estimate of drug-likeness (QED) is 0.315. The number of quaternary nitrogens is 1. The molecule has 3 aliphatic heterocycles. The van der Waals surface area contributed by atoms with Crippen molar-refractivity contribution in [1.29, 1.82) is 0 Å². The summed E-state index contributed by atoms with van der Waals surface area (Å²) in [5.41, 5.74) is 0.996. The molecule has 5 rings (SSSR count). The van der Waals surface area contributed by atoms with Gasteiger partial charge in [-0.05, 0) is 57.2 Å². The number of fused-ring (bicyclic) bond motifs is 3. The first-order valence-corrected chi connectivity index (χ1v) is 12.7. The number of ether oxygens (including phenoxy) is 3. The highest BCUT2D eigenvalue weighted by molar-refractivity contribution is 5.97. The fourth-order valence-corrected chi connectivity index (χ4v) is 4.91. The molecule has 3 aliphatic rings. The summed E-state index contributed by atoms with van der Waals surface area (Å²) in [7, 11) is 1.61. The minimum atomic E-state index is -0.459. The van der Waals surface area contributed by atoms with Crippen LogP contribution in [0.3, 0.4) is 0 Å². The number of carbonyl (C=O) groups excluding carboxylic acids is 3. The van der Waals surface area contributed by atoms with Crippen molar-refractivity contribution in [3.05, 3.63) is 60.2 Å². The number of benzene rings is 2. The fraction of sp³-hybridized carbons (Fsp3) is 0.483. The zero-order valence-electron chi connectivity index (χ0n) is 22.9. The molecule has 0 aliphatic carbocycles. The molecule has 0 spiro atoms. The number of hydrogen-bond donors (Lipinski definition) is 1. The minimum absolute atomic E-state index is 0. The lowest BCUT2D eigenvalue weighted by molar-refractivity contribution is -0.938. The van der Waals surface area contributed by atoms with E-state index in [-0.39, 0.29) is 34.8 Å². The lowest BCUT2D eigenvalue weighted by Gasteiger charge is -2.51. The first-order valence-electron chi connectivity index (χ1n) is 12.7. The van der Waals surface area contributed by atoms with Gasteiger partial charge in [-0.25, -0.2) is 4.79 Å². The Hall–Kier alpha value is -2.91. The average molecular weight is 592 g/mol. The van der Waals surface area contributed by atoms with Gasteiger partial charge in [0, 0.05) is 36.9 Å². The number of piperidine rings is 3. The summed E-state index contributed by atoms with van der Waals surface area (Å²) in [6, 6.07) is 16.5. The van der Waals surface area contributed by atoms with Crippen LogP contribution in [0, 0.1) is 5.92 Å². The number of halogens is 1. The monoisotopic (exact) mass is 590 g/mol. The van der Waals surface area contributed by atoms with Crippen LogP contribution < -0.4 is 27.0 Å². The highest BCUT2D eigenvalue weighted by Gasteiger charge is 2.48. The number of carbonyl (C=O) groups is 3. The maximum Gasteiger partial charge on any atom is 0.412 e. The molecule has 0 unspecified atom stereocenters. The topological polar surface area (TPSA) is 90.9 Å². The first kappa shape index (κ1) is 31.3. The molecular formula is C29H39BrN2O6. The third kappa shape index (κ3) is 9.44. The Kier molecular flexibility index (Phi) is 11.3. The fourth-order valence-electron chi connectivity index (χ4n) is 4.91. The van der Waals surface area contributed by atoms with Crippen LogP contribution in [0.2, 0.25) is 0 Å². The molecule has 38 heavy (non-hydrogen) atoms. The number of para-hydroxylation sites is 1. The van der Waals surface area contributed by atoms with Crippen molar-refractivity contribution in [2.45, 2.75) is 52.2 Å². The molecule has 1 N–H and O–H groups in total. The molecule has 8 nitrogen and oxygen atoms in total. The van der Waals surface area contributed by atoms with E-state index < -0.39 is 11.7 Å². The molecule has 9 heteroatoms. The number of nitrogens with one attached hydrogen (secondary N) is 1. The number of esters is 1. The van der Waals surface area contributed by atoms with E-state index in [4.69, 9.17) is 14.2 Å². The predicted octanol–water partition coefficient (Wildman–Crippen LogP) is 2.09. The number of anilines is 1. The predicted molar refractivity (Wildman–Crippen MR) is 142 cm³/mol. The van der Waals surface area contributed by atoms with Crippen LogP contribution in [-0.2, 0) is 14.3 Å². The number of amides is 1. The molecule has 208 valence electrons. The largest absolute Gasteiger partial charge is 1.00 e. The Morgan fingerprint density at radius 3 is 2.11 bits per heavy atom. The van der Waals surface area contributed by atoms with Crippen LogP contribution in [-0.4, -0.2) is 67.3 Å². The van der Waals surface area contributed by atoms with Gasteiger partial charge in [0.05, 0.1) is 20.2 Å². The Labute approximate surface area is 236 Å². The van der Waals surface area contributed by atoms with Gasteiger partial charge in [0.2, 0.25) is 5.78 Å². The van der Waals surface area contributed by atoms with E-state index in [0.717, 1.165) is 54.0 Å².